The van der Waals surface area contributed by atoms with Gasteiger partial charge in [0.2, 0.25) is 11.8 Å². The average molecular weight is 292 g/mol. The van der Waals surface area contributed by atoms with Crippen molar-refractivity contribution >= 4 is 23.2 Å². The summed E-state index contributed by atoms with van der Waals surface area (Å²) in [7, 11) is 0. The molecule has 1 atom stereocenters. The maximum atomic E-state index is 13.2. The summed E-state index contributed by atoms with van der Waals surface area (Å²) in [4.78, 5) is 11.9. The number of hydrogen-bond donors (Lipinski definition) is 1. The molecule has 1 amide bonds. The third-order valence-electron chi connectivity index (χ3n) is 3.20. The van der Waals surface area contributed by atoms with E-state index in [2.05, 4.69) is 5.32 Å². The lowest BCUT2D eigenvalue weighted by molar-refractivity contribution is -0.127. The molecule has 104 valence electrons. The molecule has 0 heterocycles. The van der Waals surface area contributed by atoms with E-state index in [1.165, 1.54) is 6.07 Å². The van der Waals surface area contributed by atoms with Crippen LogP contribution in [0.4, 0.5) is 18.9 Å². The first-order valence-corrected chi connectivity index (χ1v) is 6.39. The Labute approximate surface area is 113 Å². The summed E-state index contributed by atoms with van der Waals surface area (Å²) in [5, 5.41) is 2.53. The lowest BCUT2D eigenvalue weighted by atomic mass is 9.86. The standard InChI is InChI=1S/C13H13ClF3NO/c14-10-6-9(15)3-4-11(10)18-12(19)8-2-1-5-13(16,17)7-8/h3-4,6,8H,1-2,5,7H2,(H,18,19). The van der Waals surface area contributed by atoms with Crippen molar-refractivity contribution in [2.24, 2.45) is 5.92 Å². The molecule has 2 rings (SSSR count). The van der Waals surface area contributed by atoms with E-state index in [9.17, 15) is 18.0 Å². The van der Waals surface area contributed by atoms with Gasteiger partial charge in [-0.3, -0.25) is 4.79 Å². The number of carbonyl (C=O) groups is 1. The molecule has 1 aromatic rings. The Morgan fingerprint density at radius 3 is 2.79 bits per heavy atom. The lowest BCUT2D eigenvalue weighted by Crippen LogP contribution is -2.33. The molecule has 0 spiro atoms. The first-order valence-electron chi connectivity index (χ1n) is 6.01. The number of nitrogens with one attached hydrogen (secondary N) is 1. The predicted molar refractivity (Wildman–Crippen MR) is 66.9 cm³/mol. The Balaban J connectivity index is 2.04. The van der Waals surface area contributed by atoms with Crippen LogP contribution in [-0.4, -0.2) is 11.8 Å². The van der Waals surface area contributed by atoms with Crippen LogP contribution in [0.5, 0.6) is 0 Å². The highest BCUT2D eigenvalue weighted by molar-refractivity contribution is 6.33. The molecule has 1 aliphatic carbocycles. The maximum absolute atomic E-state index is 13.2. The quantitative estimate of drug-likeness (QED) is 0.867. The van der Waals surface area contributed by atoms with E-state index in [4.69, 9.17) is 11.6 Å². The minimum Gasteiger partial charge on any atom is -0.325 e. The smallest absolute Gasteiger partial charge is 0.248 e. The molecule has 19 heavy (non-hydrogen) atoms. The van der Waals surface area contributed by atoms with Crippen molar-refractivity contribution in [1.29, 1.82) is 0 Å². The summed E-state index contributed by atoms with van der Waals surface area (Å²) in [5.74, 6) is -4.53. The summed E-state index contributed by atoms with van der Waals surface area (Å²) in [6, 6.07) is 3.53. The van der Waals surface area contributed by atoms with Gasteiger partial charge in [-0.15, -0.1) is 0 Å². The highest BCUT2D eigenvalue weighted by Gasteiger charge is 2.39. The monoisotopic (exact) mass is 291 g/mol. The fraction of sp³-hybridized carbons (Fsp3) is 0.462. The van der Waals surface area contributed by atoms with Gasteiger partial charge in [-0.1, -0.05) is 11.6 Å². The van der Waals surface area contributed by atoms with Crippen LogP contribution in [0.25, 0.3) is 0 Å². The lowest BCUT2D eigenvalue weighted by Gasteiger charge is -2.28. The molecule has 2 nitrogen and oxygen atoms in total. The second-order valence-corrected chi connectivity index (χ2v) is 5.17. The van der Waals surface area contributed by atoms with Crippen molar-refractivity contribution in [2.45, 2.75) is 31.6 Å². The van der Waals surface area contributed by atoms with Crippen LogP contribution in [0.3, 0.4) is 0 Å². The molecule has 0 aromatic heterocycles. The molecule has 1 N–H and O–H groups in total. The van der Waals surface area contributed by atoms with Crippen molar-refractivity contribution < 1.29 is 18.0 Å². The number of rotatable bonds is 2. The molecule has 0 bridgehead atoms. The molecule has 1 aliphatic rings. The zero-order valence-electron chi connectivity index (χ0n) is 10.1. The Morgan fingerprint density at radius 1 is 1.42 bits per heavy atom. The van der Waals surface area contributed by atoms with Crippen LogP contribution < -0.4 is 5.32 Å². The first-order chi connectivity index (χ1) is 8.87. The van der Waals surface area contributed by atoms with Crippen molar-refractivity contribution in [1.82, 2.24) is 0 Å². The summed E-state index contributed by atoms with van der Waals surface area (Å²) in [6.45, 7) is 0. The topological polar surface area (TPSA) is 29.1 Å². The summed E-state index contributed by atoms with van der Waals surface area (Å²) < 4.78 is 39.3. The maximum Gasteiger partial charge on any atom is 0.248 e. The number of halogens is 4. The SMILES string of the molecule is O=C(Nc1ccc(F)cc1Cl)C1CCCC(F)(F)C1. The van der Waals surface area contributed by atoms with Gasteiger partial charge in [-0.2, -0.15) is 0 Å². The Bertz CT molecular complexity index is 493. The van der Waals surface area contributed by atoms with E-state index in [-0.39, 0.29) is 17.1 Å². The van der Waals surface area contributed by atoms with E-state index >= 15 is 0 Å². The average Bonchev–Trinajstić information content (AvgIpc) is 2.31. The van der Waals surface area contributed by atoms with Gasteiger partial charge in [0, 0.05) is 18.8 Å². The molecular weight excluding hydrogens is 279 g/mol. The number of amides is 1. The van der Waals surface area contributed by atoms with Crippen LogP contribution in [0.2, 0.25) is 5.02 Å². The fourth-order valence-corrected chi connectivity index (χ4v) is 2.44. The Hall–Kier alpha value is -1.23. The minimum absolute atomic E-state index is 0.0518. The molecule has 1 unspecified atom stereocenters. The first kappa shape index (κ1) is 14.2. The molecule has 1 aromatic carbocycles. The number of carbonyl (C=O) groups excluding carboxylic acids is 1. The fourth-order valence-electron chi connectivity index (χ4n) is 2.22. The molecule has 0 aliphatic heterocycles. The van der Waals surface area contributed by atoms with Crippen molar-refractivity contribution in [3.63, 3.8) is 0 Å². The van der Waals surface area contributed by atoms with Crippen molar-refractivity contribution in [2.75, 3.05) is 5.32 Å². The number of alkyl halides is 2. The van der Waals surface area contributed by atoms with Crippen molar-refractivity contribution in [3.8, 4) is 0 Å². The van der Waals surface area contributed by atoms with Crippen LogP contribution in [-0.2, 0) is 4.79 Å². The van der Waals surface area contributed by atoms with Gasteiger partial charge in [0.05, 0.1) is 10.7 Å². The van der Waals surface area contributed by atoms with Gasteiger partial charge in [-0.05, 0) is 31.0 Å². The highest BCUT2D eigenvalue weighted by Crippen LogP contribution is 2.37. The molecule has 0 saturated heterocycles. The molecule has 1 fully saturated rings. The van der Waals surface area contributed by atoms with E-state index in [1.807, 2.05) is 0 Å². The van der Waals surface area contributed by atoms with Gasteiger partial charge >= 0.3 is 0 Å². The zero-order valence-corrected chi connectivity index (χ0v) is 10.8. The number of anilines is 1. The van der Waals surface area contributed by atoms with Gasteiger partial charge in [0.25, 0.3) is 0 Å². The Kier molecular flexibility index (Phi) is 4.04. The van der Waals surface area contributed by atoms with E-state index in [0.29, 0.717) is 12.8 Å². The predicted octanol–water partition coefficient (Wildman–Crippen LogP) is 4.24. The minimum atomic E-state index is -2.78. The van der Waals surface area contributed by atoms with Gasteiger partial charge in [-0.25, -0.2) is 13.2 Å². The zero-order chi connectivity index (χ0) is 14.0. The number of benzene rings is 1. The molecular formula is C13H13ClF3NO. The summed E-state index contributed by atoms with van der Waals surface area (Å²) >= 11 is 5.77. The third-order valence-corrected chi connectivity index (χ3v) is 3.51. The van der Waals surface area contributed by atoms with Crippen LogP contribution >= 0.6 is 11.6 Å². The highest BCUT2D eigenvalue weighted by atomic mass is 35.5. The van der Waals surface area contributed by atoms with Crippen LogP contribution in [0.1, 0.15) is 25.7 Å². The van der Waals surface area contributed by atoms with E-state index < -0.39 is 30.0 Å². The third kappa shape index (κ3) is 3.62. The molecule has 0 radical (unpaired) electrons. The molecule has 1 saturated carbocycles. The second kappa shape index (κ2) is 5.41. The summed E-state index contributed by atoms with van der Waals surface area (Å²) in [5.41, 5.74) is 0.238. The van der Waals surface area contributed by atoms with Crippen molar-refractivity contribution in [3.05, 3.63) is 29.0 Å². The van der Waals surface area contributed by atoms with E-state index in [0.717, 1.165) is 12.1 Å². The Morgan fingerprint density at radius 2 is 2.16 bits per heavy atom. The van der Waals surface area contributed by atoms with Gasteiger partial charge < -0.3 is 5.32 Å². The second-order valence-electron chi connectivity index (χ2n) is 4.76. The number of hydrogen-bond acceptors (Lipinski definition) is 1. The largest absolute Gasteiger partial charge is 0.325 e. The summed E-state index contributed by atoms with van der Waals surface area (Å²) in [6.07, 6.45) is 0.133. The van der Waals surface area contributed by atoms with Crippen LogP contribution in [0.15, 0.2) is 18.2 Å². The van der Waals surface area contributed by atoms with E-state index in [1.54, 1.807) is 0 Å². The van der Waals surface area contributed by atoms with Crippen LogP contribution in [0, 0.1) is 11.7 Å². The molecule has 6 heteroatoms. The normalized spacial score (nSPS) is 22.0. The van der Waals surface area contributed by atoms with Gasteiger partial charge in [0.1, 0.15) is 5.82 Å². The van der Waals surface area contributed by atoms with Gasteiger partial charge in [0.15, 0.2) is 0 Å².